The summed E-state index contributed by atoms with van der Waals surface area (Å²) in [7, 11) is 2.92. The van der Waals surface area contributed by atoms with E-state index in [0.29, 0.717) is 5.60 Å². The third kappa shape index (κ3) is 9.94. The van der Waals surface area contributed by atoms with Crippen molar-refractivity contribution >= 4 is 9.24 Å². The molecule has 3 fully saturated rings. The Hall–Kier alpha value is 0.390. The molecule has 0 amide bonds. The fourth-order valence-corrected chi connectivity index (χ4v) is 6.69. The molecular formula is C30H59OP. The lowest BCUT2D eigenvalue weighted by Crippen LogP contribution is -2.31. The van der Waals surface area contributed by atoms with Gasteiger partial charge < -0.3 is 4.74 Å². The summed E-state index contributed by atoms with van der Waals surface area (Å²) < 4.78 is 6.55. The zero-order valence-electron chi connectivity index (χ0n) is 22.7. The van der Waals surface area contributed by atoms with E-state index in [2.05, 4.69) is 43.9 Å². The first-order valence-corrected chi connectivity index (χ1v) is 15.5. The van der Waals surface area contributed by atoms with Crippen LogP contribution in [0.2, 0.25) is 0 Å². The fourth-order valence-electron chi connectivity index (χ4n) is 6.30. The summed E-state index contributed by atoms with van der Waals surface area (Å²) in [6, 6.07) is 0. The molecule has 2 heteroatoms. The second kappa shape index (κ2) is 15.4. The monoisotopic (exact) mass is 466 g/mol. The zero-order chi connectivity index (χ0) is 23.4. The van der Waals surface area contributed by atoms with Gasteiger partial charge in [-0.25, -0.2) is 0 Å². The van der Waals surface area contributed by atoms with Gasteiger partial charge in [-0.2, -0.15) is 0 Å². The molecule has 0 bridgehead atoms. The average molecular weight is 467 g/mol. The van der Waals surface area contributed by atoms with Crippen LogP contribution < -0.4 is 0 Å². The highest BCUT2D eigenvalue weighted by Gasteiger charge is 2.62. The van der Waals surface area contributed by atoms with Gasteiger partial charge in [-0.1, -0.05) is 105 Å². The highest BCUT2D eigenvalue weighted by atomic mass is 31.0. The van der Waals surface area contributed by atoms with Gasteiger partial charge >= 0.3 is 0 Å². The van der Waals surface area contributed by atoms with E-state index in [4.69, 9.17) is 4.74 Å². The van der Waals surface area contributed by atoms with E-state index in [0.717, 1.165) is 41.9 Å². The molecule has 32 heavy (non-hydrogen) atoms. The van der Waals surface area contributed by atoms with Gasteiger partial charge in [-0.3, -0.25) is 0 Å². The van der Waals surface area contributed by atoms with Crippen LogP contribution in [0.4, 0.5) is 0 Å². The molecule has 3 aliphatic carbocycles. The van der Waals surface area contributed by atoms with Crippen molar-refractivity contribution in [1.29, 1.82) is 0 Å². The molecule has 0 aromatic carbocycles. The molecule has 0 aromatic heterocycles. The Morgan fingerprint density at radius 3 is 2.03 bits per heavy atom. The van der Waals surface area contributed by atoms with Gasteiger partial charge in [-0.15, -0.1) is 9.24 Å². The minimum atomic E-state index is 0.380. The summed E-state index contributed by atoms with van der Waals surface area (Å²) in [4.78, 5) is 0. The summed E-state index contributed by atoms with van der Waals surface area (Å²) in [5, 5.41) is 0. The largest absolute Gasteiger partial charge is 0.374 e. The van der Waals surface area contributed by atoms with Gasteiger partial charge in [-0.05, 0) is 73.8 Å². The predicted octanol–water partition coefficient (Wildman–Crippen LogP) is 9.82. The smallest absolute Gasteiger partial charge is 0.0715 e. The van der Waals surface area contributed by atoms with E-state index in [9.17, 15) is 0 Å². The molecule has 1 nitrogen and oxygen atoms in total. The van der Waals surface area contributed by atoms with Gasteiger partial charge in [0, 0.05) is 0 Å². The minimum absolute atomic E-state index is 0.380. The maximum absolute atomic E-state index is 6.55. The van der Waals surface area contributed by atoms with Gasteiger partial charge in [0.25, 0.3) is 0 Å². The summed E-state index contributed by atoms with van der Waals surface area (Å²) in [5.41, 5.74) is 1.32. The van der Waals surface area contributed by atoms with E-state index in [1.807, 2.05) is 0 Å². The Bertz CT molecular complexity index is 457. The Morgan fingerprint density at radius 1 is 0.844 bits per heavy atom. The van der Waals surface area contributed by atoms with E-state index < -0.39 is 0 Å². The first-order valence-electron chi connectivity index (χ1n) is 14.8. The Balaban J connectivity index is 0.000000380. The van der Waals surface area contributed by atoms with Crippen molar-refractivity contribution in [3.05, 3.63) is 0 Å². The average Bonchev–Trinajstić information content (AvgIpc) is 3.30. The number of fused-ring (bicyclic) bond motifs is 1. The molecule has 0 radical (unpaired) electrons. The molecule has 0 aromatic rings. The van der Waals surface area contributed by atoms with Gasteiger partial charge in [0.2, 0.25) is 0 Å². The van der Waals surface area contributed by atoms with Gasteiger partial charge in [0.1, 0.15) is 0 Å². The molecule has 6 atom stereocenters. The second-order valence-electron chi connectivity index (χ2n) is 12.1. The van der Waals surface area contributed by atoms with Crippen LogP contribution in [0.3, 0.4) is 0 Å². The van der Waals surface area contributed by atoms with Crippen molar-refractivity contribution in [2.75, 3.05) is 6.61 Å². The number of unbranched alkanes of at least 4 members (excludes halogenated alkanes) is 3. The van der Waals surface area contributed by atoms with E-state index in [1.54, 1.807) is 0 Å². The molecule has 3 rings (SSSR count). The molecule has 0 saturated heterocycles. The van der Waals surface area contributed by atoms with E-state index in [-0.39, 0.29) is 0 Å². The Labute approximate surface area is 205 Å². The molecule has 0 aliphatic heterocycles. The number of hydrogen-bond donors (Lipinski definition) is 0. The van der Waals surface area contributed by atoms with Crippen LogP contribution in [0.25, 0.3) is 0 Å². The van der Waals surface area contributed by atoms with Crippen molar-refractivity contribution in [3.8, 4) is 0 Å². The maximum atomic E-state index is 6.55. The van der Waals surface area contributed by atoms with Crippen LogP contribution in [0.15, 0.2) is 0 Å². The molecular weight excluding hydrogens is 407 g/mol. The highest BCUT2D eigenvalue weighted by Crippen LogP contribution is 2.62. The second-order valence-corrected chi connectivity index (χ2v) is 13.1. The van der Waals surface area contributed by atoms with Crippen LogP contribution >= 0.6 is 9.24 Å². The van der Waals surface area contributed by atoms with Crippen LogP contribution in [-0.4, -0.2) is 17.9 Å². The lowest BCUT2D eigenvalue weighted by molar-refractivity contribution is -0.0504. The number of rotatable bonds is 15. The quantitative estimate of drug-likeness (QED) is 0.172. The molecule has 6 unspecified atom stereocenters. The molecule has 0 heterocycles. The van der Waals surface area contributed by atoms with Crippen molar-refractivity contribution in [2.24, 2.45) is 29.6 Å². The van der Waals surface area contributed by atoms with Crippen molar-refractivity contribution in [2.45, 2.75) is 155 Å². The number of ether oxygens (including phenoxy) is 1. The van der Waals surface area contributed by atoms with Crippen LogP contribution in [-0.2, 0) is 4.74 Å². The zero-order valence-corrected chi connectivity index (χ0v) is 23.8. The van der Waals surface area contributed by atoms with Crippen LogP contribution in [0.5, 0.6) is 0 Å². The molecule has 0 N–H and O–H groups in total. The number of hydrogen-bond acceptors (Lipinski definition) is 1. The lowest BCUT2D eigenvalue weighted by atomic mass is 9.78. The van der Waals surface area contributed by atoms with E-state index >= 15 is 0 Å². The molecule has 190 valence electrons. The summed E-state index contributed by atoms with van der Waals surface area (Å²) in [6.45, 7) is 12.9. The molecule has 3 saturated carbocycles. The summed E-state index contributed by atoms with van der Waals surface area (Å²) in [6.07, 6.45) is 23.9. The lowest BCUT2D eigenvalue weighted by Gasteiger charge is -2.33. The maximum Gasteiger partial charge on any atom is 0.0715 e. The topological polar surface area (TPSA) is 9.23 Å². The third-order valence-electron chi connectivity index (χ3n) is 9.00. The first-order chi connectivity index (χ1) is 15.4. The Kier molecular flexibility index (Phi) is 13.8. The van der Waals surface area contributed by atoms with Gasteiger partial charge in [0.15, 0.2) is 0 Å². The first kappa shape index (κ1) is 28.6. The predicted molar refractivity (Wildman–Crippen MR) is 146 cm³/mol. The van der Waals surface area contributed by atoms with E-state index in [1.165, 1.54) is 109 Å². The van der Waals surface area contributed by atoms with Crippen LogP contribution in [0, 0.1) is 29.6 Å². The third-order valence-corrected chi connectivity index (χ3v) is 9.66. The summed E-state index contributed by atoms with van der Waals surface area (Å²) in [5.74, 6) is 4.54. The van der Waals surface area contributed by atoms with Crippen molar-refractivity contribution in [1.82, 2.24) is 0 Å². The normalized spacial score (nSPS) is 31.5. The van der Waals surface area contributed by atoms with Crippen molar-refractivity contribution < 1.29 is 4.74 Å². The molecule has 3 aliphatic rings. The van der Waals surface area contributed by atoms with Crippen molar-refractivity contribution in [3.63, 3.8) is 0 Å². The highest BCUT2D eigenvalue weighted by molar-refractivity contribution is 7.17. The fraction of sp³-hybridized carbons (Fsp3) is 1.00. The van der Waals surface area contributed by atoms with Gasteiger partial charge in [0.05, 0.1) is 12.2 Å². The Morgan fingerprint density at radius 2 is 1.53 bits per heavy atom. The standard InChI is InChI=1S/C23H44O.C7H15P/c1-5-8-10-13-20(12-9-6-2)21(16-19(4)11-7-3)18-24-23-15-14-22(23)17-23;1-6-2-4-7(8)5-3-6/h19-22H,5-18H2,1-4H3;6-7H,2-5,8H2,1H3. The molecule has 0 spiro atoms. The summed E-state index contributed by atoms with van der Waals surface area (Å²) >= 11 is 0. The minimum Gasteiger partial charge on any atom is -0.374 e. The van der Waals surface area contributed by atoms with Crippen LogP contribution in [0.1, 0.15) is 144 Å². The SMILES string of the molecule is CC1CCC(P)CC1.CCCCCC(CCCC)C(COC12CCC1C2)CC(C)CCC.